The van der Waals surface area contributed by atoms with E-state index in [0.717, 1.165) is 31.1 Å². The predicted molar refractivity (Wildman–Crippen MR) is 75.5 cm³/mol. The molecule has 0 bridgehead atoms. The SMILES string of the molecule is CCN(CC)CC(CN)Cc1ccccc1Cl. The van der Waals surface area contributed by atoms with Crippen molar-refractivity contribution in [1.29, 1.82) is 0 Å². The van der Waals surface area contributed by atoms with Crippen LogP contribution in [0, 0.1) is 5.92 Å². The van der Waals surface area contributed by atoms with E-state index in [-0.39, 0.29) is 0 Å². The molecule has 1 unspecified atom stereocenters. The van der Waals surface area contributed by atoms with Gasteiger partial charge >= 0.3 is 0 Å². The molecule has 0 amide bonds. The largest absolute Gasteiger partial charge is 0.330 e. The first-order chi connectivity index (χ1) is 8.21. The van der Waals surface area contributed by atoms with E-state index in [9.17, 15) is 0 Å². The summed E-state index contributed by atoms with van der Waals surface area (Å²) >= 11 is 6.18. The van der Waals surface area contributed by atoms with Crippen LogP contribution in [-0.4, -0.2) is 31.1 Å². The van der Waals surface area contributed by atoms with Crippen molar-refractivity contribution in [3.63, 3.8) is 0 Å². The van der Waals surface area contributed by atoms with Gasteiger partial charge in [0.15, 0.2) is 0 Å². The first-order valence-corrected chi connectivity index (χ1v) is 6.74. The Morgan fingerprint density at radius 1 is 1.24 bits per heavy atom. The molecule has 0 fully saturated rings. The quantitative estimate of drug-likeness (QED) is 0.811. The van der Waals surface area contributed by atoms with E-state index in [1.807, 2.05) is 18.2 Å². The zero-order valence-corrected chi connectivity index (χ0v) is 11.6. The third kappa shape index (κ3) is 4.66. The van der Waals surface area contributed by atoms with E-state index in [2.05, 4.69) is 24.8 Å². The van der Waals surface area contributed by atoms with Gasteiger partial charge in [-0.1, -0.05) is 43.6 Å². The van der Waals surface area contributed by atoms with Gasteiger partial charge in [-0.25, -0.2) is 0 Å². The molecule has 17 heavy (non-hydrogen) atoms. The van der Waals surface area contributed by atoms with Gasteiger partial charge in [-0.15, -0.1) is 0 Å². The number of hydrogen-bond donors (Lipinski definition) is 1. The molecule has 2 N–H and O–H groups in total. The Morgan fingerprint density at radius 3 is 2.41 bits per heavy atom. The lowest BCUT2D eigenvalue weighted by molar-refractivity contribution is 0.254. The Balaban J connectivity index is 2.61. The van der Waals surface area contributed by atoms with Crippen LogP contribution in [0.25, 0.3) is 0 Å². The summed E-state index contributed by atoms with van der Waals surface area (Å²) in [5, 5.41) is 0.852. The first kappa shape index (κ1) is 14.5. The van der Waals surface area contributed by atoms with Gasteiger partial charge in [0.25, 0.3) is 0 Å². The monoisotopic (exact) mass is 254 g/mol. The molecular formula is C14H23ClN2. The number of halogens is 1. The first-order valence-electron chi connectivity index (χ1n) is 6.37. The maximum Gasteiger partial charge on any atom is 0.0438 e. The van der Waals surface area contributed by atoms with Gasteiger partial charge in [0.2, 0.25) is 0 Å². The van der Waals surface area contributed by atoms with Crippen LogP contribution >= 0.6 is 11.6 Å². The summed E-state index contributed by atoms with van der Waals surface area (Å²) in [7, 11) is 0. The molecule has 0 saturated carbocycles. The molecule has 0 aliphatic heterocycles. The minimum atomic E-state index is 0.481. The standard InChI is InChI=1S/C14H23ClN2/c1-3-17(4-2)11-12(10-16)9-13-7-5-6-8-14(13)15/h5-8,12H,3-4,9-11,16H2,1-2H3. The number of benzene rings is 1. The van der Waals surface area contributed by atoms with E-state index in [0.29, 0.717) is 12.5 Å². The van der Waals surface area contributed by atoms with Crippen LogP contribution in [0.2, 0.25) is 5.02 Å². The second-order valence-electron chi connectivity index (χ2n) is 4.38. The molecule has 3 heteroatoms. The van der Waals surface area contributed by atoms with Crippen LogP contribution in [0.1, 0.15) is 19.4 Å². The fraction of sp³-hybridized carbons (Fsp3) is 0.571. The molecule has 96 valence electrons. The van der Waals surface area contributed by atoms with E-state index < -0.39 is 0 Å². The second-order valence-corrected chi connectivity index (χ2v) is 4.79. The zero-order valence-electron chi connectivity index (χ0n) is 10.8. The van der Waals surface area contributed by atoms with Crippen molar-refractivity contribution in [3.8, 4) is 0 Å². The molecule has 0 aliphatic carbocycles. The lowest BCUT2D eigenvalue weighted by Crippen LogP contribution is -2.33. The van der Waals surface area contributed by atoms with Gasteiger partial charge in [-0.3, -0.25) is 0 Å². The third-order valence-corrected chi connectivity index (χ3v) is 3.58. The summed E-state index contributed by atoms with van der Waals surface area (Å²) in [4.78, 5) is 2.41. The number of nitrogens with two attached hydrogens (primary N) is 1. The number of nitrogens with zero attached hydrogens (tertiary/aromatic N) is 1. The molecule has 0 aromatic heterocycles. The maximum atomic E-state index is 6.18. The van der Waals surface area contributed by atoms with Crippen LogP contribution in [0.5, 0.6) is 0 Å². The highest BCUT2D eigenvalue weighted by molar-refractivity contribution is 6.31. The summed E-state index contributed by atoms with van der Waals surface area (Å²) in [6.45, 7) is 8.29. The van der Waals surface area contributed by atoms with Crippen LogP contribution in [0.4, 0.5) is 0 Å². The molecule has 0 radical (unpaired) electrons. The molecule has 1 aromatic rings. The average Bonchev–Trinajstić information content (AvgIpc) is 2.36. The highest BCUT2D eigenvalue weighted by Gasteiger charge is 2.12. The minimum absolute atomic E-state index is 0.481. The predicted octanol–water partition coefficient (Wildman–Crippen LogP) is 2.80. The Kier molecular flexibility index (Phi) is 6.56. The second kappa shape index (κ2) is 7.70. The summed E-state index contributed by atoms with van der Waals surface area (Å²) in [6.07, 6.45) is 0.965. The molecule has 0 heterocycles. The Morgan fingerprint density at radius 2 is 1.88 bits per heavy atom. The molecule has 0 saturated heterocycles. The fourth-order valence-electron chi connectivity index (χ4n) is 2.04. The summed E-state index contributed by atoms with van der Waals surface area (Å²) < 4.78 is 0. The normalized spacial score (nSPS) is 13.0. The van der Waals surface area contributed by atoms with E-state index in [1.54, 1.807) is 0 Å². The Labute approximate surface area is 110 Å². The highest BCUT2D eigenvalue weighted by Crippen LogP contribution is 2.19. The van der Waals surface area contributed by atoms with Crippen molar-refractivity contribution < 1.29 is 0 Å². The summed E-state index contributed by atoms with van der Waals surface area (Å²) in [5.41, 5.74) is 7.06. The van der Waals surface area contributed by atoms with Crippen LogP contribution in [0.15, 0.2) is 24.3 Å². The van der Waals surface area contributed by atoms with Gasteiger partial charge in [-0.05, 0) is 43.6 Å². The Hall–Kier alpha value is -0.570. The molecule has 0 aliphatic rings. The summed E-state index contributed by atoms with van der Waals surface area (Å²) in [5.74, 6) is 0.481. The van der Waals surface area contributed by atoms with Crippen LogP contribution in [0.3, 0.4) is 0 Å². The highest BCUT2D eigenvalue weighted by atomic mass is 35.5. The number of rotatable bonds is 7. The molecule has 0 spiro atoms. The smallest absolute Gasteiger partial charge is 0.0438 e. The van der Waals surface area contributed by atoms with Crippen molar-refractivity contribution >= 4 is 11.6 Å². The van der Waals surface area contributed by atoms with Crippen LogP contribution in [-0.2, 0) is 6.42 Å². The van der Waals surface area contributed by atoms with Crippen molar-refractivity contribution in [1.82, 2.24) is 4.90 Å². The van der Waals surface area contributed by atoms with Gasteiger partial charge in [0, 0.05) is 11.6 Å². The van der Waals surface area contributed by atoms with Gasteiger partial charge < -0.3 is 10.6 Å². The lowest BCUT2D eigenvalue weighted by Gasteiger charge is -2.24. The van der Waals surface area contributed by atoms with E-state index in [1.165, 1.54) is 5.56 Å². The maximum absolute atomic E-state index is 6.18. The molecular weight excluding hydrogens is 232 g/mol. The molecule has 1 rings (SSSR count). The van der Waals surface area contributed by atoms with E-state index >= 15 is 0 Å². The van der Waals surface area contributed by atoms with Gasteiger partial charge in [-0.2, -0.15) is 0 Å². The molecule has 1 atom stereocenters. The van der Waals surface area contributed by atoms with Crippen molar-refractivity contribution in [3.05, 3.63) is 34.9 Å². The molecule has 2 nitrogen and oxygen atoms in total. The van der Waals surface area contributed by atoms with Crippen molar-refractivity contribution in [2.45, 2.75) is 20.3 Å². The van der Waals surface area contributed by atoms with Gasteiger partial charge in [0.05, 0.1) is 0 Å². The lowest BCUT2D eigenvalue weighted by atomic mass is 9.98. The number of hydrogen-bond acceptors (Lipinski definition) is 2. The Bertz CT molecular complexity index is 324. The summed E-state index contributed by atoms with van der Waals surface area (Å²) in [6, 6.07) is 8.04. The van der Waals surface area contributed by atoms with E-state index in [4.69, 9.17) is 17.3 Å². The zero-order chi connectivity index (χ0) is 12.7. The topological polar surface area (TPSA) is 29.3 Å². The third-order valence-electron chi connectivity index (χ3n) is 3.21. The van der Waals surface area contributed by atoms with Crippen molar-refractivity contribution in [2.24, 2.45) is 11.7 Å². The average molecular weight is 255 g/mol. The fourth-order valence-corrected chi connectivity index (χ4v) is 2.26. The van der Waals surface area contributed by atoms with Crippen LogP contribution < -0.4 is 5.73 Å². The minimum Gasteiger partial charge on any atom is -0.330 e. The molecule has 1 aromatic carbocycles. The van der Waals surface area contributed by atoms with Gasteiger partial charge in [0.1, 0.15) is 0 Å². The van der Waals surface area contributed by atoms with Crippen molar-refractivity contribution in [2.75, 3.05) is 26.2 Å².